The van der Waals surface area contributed by atoms with Gasteiger partial charge in [-0.3, -0.25) is 0 Å². The second-order valence-electron chi connectivity index (χ2n) is 6.27. The Hall–Kier alpha value is -1.85. The number of ether oxygens (including phenoxy) is 1. The van der Waals surface area contributed by atoms with Gasteiger partial charge in [-0.1, -0.05) is 36.4 Å². The molecule has 0 atom stereocenters. The van der Waals surface area contributed by atoms with Crippen molar-refractivity contribution in [2.45, 2.75) is 31.0 Å². The van der Waals surface area contributed by atoms with E-state index in [4.69, 9.17) is 4.74 Å². The maximum absolute atomic E-state index is 12.5. The van der Waals surface area contributed by atoms with Crippen molar-refractivity contribution in [3.8, 4) is 0 Å². The standard InChI is InChI=1S/C19H19F3O2/c20-19(21,22)16-9-7-14(8-10-16)3-1-4-15-5-2-6-17(11-15)18(23)12-24-13-18/h2,5-11,23H,1,3-4,12-13H2. The lowest BCUT2D eigenvalue weighted by molar-refractivity contribution is -0.184. The average molecular weight is 336 g/mol. The molecule has 1 N–H and O–H groups in total. The summed E-state index contributed by atoms with van der Waals surface area (Å²) in [6.45, 7) is 0.643. The molecule has 1 heterocycles. The Morgan fingerprint density at radius 1 is 0.958 bits per heavy atom. The Kier molecular flexibility index (Phi) is 4.65. The van der Waals surface area contributed by atoms with E-state index < -0.39 is 17.3 Å². The second-order valence-corrected chi connectivity index (χ2v) is 6.27. The van der Waals surface area contributed by atoms with Gasteiger partial charge in [0.1, 0.15) is 5.60 Å². The van der Waals surface area contributed by atoms with Crippen LogP contribution < -0.4 is 0 Å². The fourth-order valence-electron chi connectivity index (χ4n) is 2.84. The van der Waals surface area contributed by atoms with Crippen LogP contribution in [-0.4, -0.2) is 18.3 Å². The van der Waals surface area contributed by atoms with Crippen LogP contribution in [0.3, 0.4) is 0 Å². The lowest BCUT2D eigenvalue weighted by Crippen LogP contribution is -2.46. The van der Waals surface area contributed by atoms with Crippen LogP contribution in [-0.2, 0) is 29.4 Å². The smallest absolute Gasteiger partial charge is 0.380 e. The monoisotopic (exact) mass is 336 g/mol. The molecule has 0 amide bonds. The summed E-state index contributed by atoms with van der Waals surface area (Å²) in [6.07, 6.45) is -1.92. The Balaban J connectivity index is 1.56. The van der Waals surface area contributed by atoms with Crippen molar-refractivity contribution in [3.05, 3.63) is 70.8 Å². The summed E-state index contributed by atoms with van der Waals surface area (Å²) in [5.41, 5.74) is 1.38. The van der Waals surface area contributed by atoms with E-state index in [0.717, 1.165) is 48.1 Å². The number of alkyl halides is 3. The first kappa shape index (κ1) is 17.0. The van der Waals surface area contributed by atoms with Crippen molar-refractivity contribution in [1.82, 2.24) is 0 Å². The summed E-state index contributed by atoms with van der Waals surface area (Å²) in [5.74, 6) is 0. The predicted molar refractivity (Wildman–Crippen MR) is 84.6 cm³/mol. The zero-order chi connectivity index (χ0) is 17.2. The summed E-state index contributed by atoms with van der Waals surface area (Å²) in [4.78, 5) is 0. The number of rotatable bonds is 5. The van der Waals surface area contributed by atoms with Crippen LogP contribution in [0.25, 0.3) is 0 Å². The minimum absolute atomic E-state index is 0.321. The molecule has 0 radical (unpaired) electrons. The lowest BCUT2D eigenvalue weighted by atomic mass is 9.90. The van der Waals surface area contributed by atoms with Gasteiger partial charge in [0.15, 0.2) is 0 Å². The first-order chi connectivity index (χ1) is 11.4. The third-order valence-corrected chi connectivity index (χ3v) is 4.36. The van der Waals surface area contributed by atoms with Gasteiger partial charge in [0.25, 0.3) is 0 Å². The minimum atomic E-state index is -4.29. The van der Waals surface area contributed by atoms with Gasteiger partial charge in [0, 0.05) is 0 Å². The third kappa shape index (κ3) is 3.79. The van der Waals surface area contributed by atoms with Crippen molar-refractivity contribution >= 4 is 0 Å². The van der Waals surface area contributed by atoms with Crippen molar-refractivity contribution < 1.29 is 23.0 Å². The van der Waals surface area contributed by atoms with Crippen molar-refractivity contribution in [2.24, 2.45) is 0 Å². The zero-order valence-corrected chi connectivity index (χ0v) is 13.1. The quantitative estimate of drug-likeness (QED) is 0.891. The van der Waals surface area contributed by atoms with Gasteiger partial charge in [-0.2, -0.15) is 13.2 Å². The SMILES string of the molecule is OC1(c2cccc(CCCc3ccc(C(F)(F)F)cc3)c2)COC1. The maximum atomic E-state index is 12.5. The molecule has 1 aliphatic rings. The van der Waals surface area contributed by atoms with Crippen LogP contribution in [0, 0.1) is 0 Å². The van der Waals surface area contributed by atoms with E-state index in [0.29, 0.717) is 13.2 Å². The molecule has 2 nitrogen and oxygen atoms in total. The molecule has 5 heteroatoms. The van der Waals surface area contributed by atoms with Crippen molar-refractivity contribution in [2.75, 3.05) is 13.2 Å². The van der Waals surface area contributed by atoms with Crippen LogP contribution in [0.15, 0.2) is 48.5 Å². The van der Waals surface area contributed by atoms with Gasteiger partial charge < -0.3 is 9.84 Å². The molecule has 1 fully saturated rings. The predicted octanol–water partition coefficient (Wildman–Crippen LogP) is 4.10. The van der Waals surface area contributed by atoms with E-state index in [2.05, 4.69) is 0 Å². The highest BCUT2D eigenvalue weighted by molar-refractivity contribution is 5.30. The van der Waals surface area contributed by atoms with Gasteiger partial charge in [-0.15, -0.1) is 0 Å². The molecule has 24 heavy (non-hydrogen) atoms. The van der Waals surface area contributed by atoms with Gasteiger partial charge in [-0.25, -0.2) is 0 Å². The van der Waals surface area contributed by atoms with E-state index in [1.807, 2.05) is 24.3 Å². The Bertz CT molecular complexity index is 689. The lowest BCUT2D eigenvalue weighted by Gasteiger charge is -2.36. The number of aliphatic hydroxyl groups is 1. The maximum Gasteiger partial charge on any atom is 0.416 e. The fraction of sp³-hybridized carbons (Fsp3) is 0.368. The molecule has 3 rings (SSSR count). The molecule has 128 valence electrons. The largest absolute Gasteiger partial charge is 0.416 e. The summed E-state index contributed by atoms with van der Waals surface area (Å²) >= 11 is 0. The number of halogens is 3. The summed E-state index contributed by atoms with van der Waals surface area (Å²) < 4.78 is 42.7. The van der Waals surface area contributed by atoms with Crippen LogP contribution in [0.1, 0.15) is 28.7 Å². The Morgan fingerprint density at radius 3 is 2.21 bits per heavy atom. The van der Waals surface area contributed by atoms with Gasteiger partial charge in [-0.05, 0) is 48.1 Å². The zero-order valence-electron chi connectivity index (χ0n) is 13.1. The molecule has 0 spiro atoms. The molecule has 0 aromatic heterocycles. The van der Waals surface area contributed by atoms with E-state index in [9.17, 15) is 18.3 Å². The van der Waals surface area contributed by atoms with E-state index in [1.54, 1.807) is 0 Å². The van der Waals surface area contributed by atoms with E-state index in [1.165, 1.54) is 12.1 Å². The van der Waals surface area contributed by atoms with Crippen LogP contribution in [0.5, 0.6) is 0 Å². The van der Waals surface area contributed by atoms with Crippen LogP contribution >= 0.6 is 0 Å². The Morgan fingerprint density at radius 2 is 1.62 bits per heavy atom. The molecule has 0 bridgehead atoms. The highest BCUT2D eigenvalue weighted by Crippen LogP contribution is 2.30. The molecule has 2 aromatic rings. The molecule has 0 saturated carbocycles. The van der Waals surface area contributed by atoms with Crippen molar-refractivity contribution in [3.63, 3.8) is 0 Å². The number of benzene rings is 2. The first-order valence-corrected chi connectivity index (χ1v) is 7.92. The molecular weight excluding hydrogens is 317 g/mol. The first-order valence-electron chi connectivity index (χ1n) is 7.92. The Labute approximate surface area is 138 Å². The third-order valence-electron chi connectivity index (χ3n) is 4.36. The van der Waals surface area contributed by atoms with Gasteiger partial charge in [0.2, 0.25) is 0 Å². The molecule has 1 saturated heterocycles. The number of aryl methyl sites for hydroxylation is 2. The normalized spacial score (nSPS) is 16.7. The second kappa shape index (κ2) is 6.57. The van der Waals surface area contributed by atoms with Crippen molar-refractivity contribution in [1.29, 1.82) is 0 Å². The van der Waals surface area contributed by atoms with Crippen LogP contribution in [0.4, 0.5) is 13.2 Å². The minimum Gasteiger partial charge on any atom is -0.380 e. The van der Waals surface area contributed by atoms with E-state index in [-0.39, 0.29) is 0 Å². The number of hydrogen-bond donors (Lipinski definition) is 1. The highest BCUT2D eigenvalue weighted by atomic mass is 19.4. The van der Waals surface area contributed by atoms with Crippen LogP contribution in [0.2, 0.25) is 0 Å². The molecule has 1 aliphatic heterocycles. The van der Waals surface area contributed by atoms with E-state index >= 15 is 0 Å². The van der Waals surface area contributed by atoms with Gasteiger partial charge in [0.05, 0.1) is 18.8 Å². The molecule has 0 aliphatic carbocycles. The fourth-order valence-corrected chi connectivity index (χ4v) is 2.84. The average Bonchev–Trinajstić information content (AvgIpc) is 2.52. The molecule has 0 unspecified atom stereocenters. The summed E-state index contributed by atoms with van der Waals surface area (Å²) in [5, 5.41) is 10.3. The highest BCUT2D eigenvalue weighted by Gasteiger charge is 2.37. The molecule has 2 aromatic carbocycles. The number of hydrogen-bond acceptors (Lipinski definition) is 2. The van der Waals surface area contributed by atoms with Gasteiger partial charge >= 0.3 is 6.18 Å². The summed E-state index contributed by atoms with van der Waals surface area (Å²) in [7, 11) is 0. The summed E-state index contributed by atoms with van der Waals surface area (Å²) in [6, 6.07) is 13.1. The topological polar surface area (TPSA) is 29.5 Å². The molecular formula is C19H19F3O2.